The van der Waals surface area contributed by atoms with Gasteiger partial charge in [-0.25, -0.2) is 9.18 Å². The first-order valence-electron chi connectivity index (χ1n) is 6.77. The van der Waals surface area contributed by atoms with Crippen molar-refractivity contribution in [3.8, 4) is 0 Å². The maximum Gasteiger partial charge on any atom is 0.410 e. The van der Waals surface area contributed by atoms with Gasteiger partial charge in [0.1, 0.15) is 11.4 Å². The molecule has 1 aromatic carbocycles. The number of halogens is 1. The molecule has 1 aliphatic heterocycles. The molecule has 1 fully saturated rings. The second-order valence-corrected chi connectivity index (χ2v) is 6.17. The predicted octanol–water partition coefficient (Wildman–Crippen LogP) is 2.83. The minimum atomic E-state index is -0.580. The molecule has 0 radical (unpaired) electrons. The highest BCUT2D eigenvalue weighted by molar-refractivity contribution is 5.69. The summed E-state index contributed by atoms with van der Waals surface area (Å²) in [5.41, 5.74) is 5.84. The van der Waals surface area contributed by atoms with E-state index in [1.54, 1.807) is 39.0 Å². The van der Waals surface area contributed by atoms with Gasteiger partial charge in [-0.15, -0.1) is 0 Å². The Kier molecular flexibility index (Phi) is 3.99. The SMILES string of the molecule is CC(C)(C)OC(=O)N1CC(N)CC1c1ccccc1F. The fourth-order valence-electron chi connectivity index (χ4n) is 2.43. The van der Waals surface area contributed by atoms with Crippen LogP contribution in [0.3, 0.4) is 0 Å². The molecule has 0 saturated carbocycles. The maximum absolute atomic E-state index is 13.9. The smallest absolute Gasteiger partial charge is 0.410 e. The quantitative estimate of drug-likeness (QED) is 0.860. The molecule has 0 aliphatic carbocycles. The van der Waals surface area contributed by atoms with Gasteiger partial charge in [0.15, 0.2) is 0 Å². The number of carbonyl (C=O) groups is 1. The van der Waals surface area contributed by atoms with Gasteiger partial charge in [-0.1, -0.05) is 18.2 Å². The summed E-state index contributed by atoms with van der Waals surface area (Å²) in [6, 6.07) is 5.95. The van der Waals surface area contributed by atoms with Crippen molar-refractivity contribution < 1.29 is 13.9 Å². The van der Waals surface area contributed by atoms with Gasteiger partial charge in [-0.3, -0.25) is 4.90 Å². The van der Waals surface area contributed by atoms with Gasteiger partial charge in [0.05, 0.1) is 6.04 Å². The third-order valence-corrected chi connectivity index (χ3v) is 3.23. The van der Waals surface area contributed by atoms with Crippen LogP contribution in [0.15, 0.2) is 24.3 Å². The van der Waals surface area contributed by atoms with E-state index in [1.165, 1.54) is 11.0 Å². The first-order chi connectivity index (χ1) is 9.28. The number of benzene rings is 1. The number of nitrogens with zero attached hydrogens (tertiary/aromatic N) is 1. The number of nitrogens with two attached hydrogens (primary N) is 1. The summed E-state index contributed by atoms with van der Waals surface area (Å²) in [5.74, 6) is -0.319. The van der Waals surface area contributed by atoms with Crippen LogP contribution in [0.5, 0.6) is 0 Å². The summed E-state index contributed by atoms with van der Waals surface area (Å²) in [7, 11) is 0. The summed E-state index contributed by atoms with van der Waals surface area (Å²) in [4.78, 5) is 13.7. The van der Waals surface area contributed by atoms with E-state index in [-0.39, 0.29) is 17.9 Å². The fourth-order valence-corrected chi connectivity index (χ4v) is 2.43. The summed E-state index contributed by atoms with van der Waals surface area (Å²) in [5, 5.41) is 0. The molecule has 2 unspecified atom stereocenters. The second kappa shape index (κ2) is 5.40. The Hall–Kier alpha value is -1.62. The molecule has 2 atom stereocenters. The Balaban J connectivity index is 2.23. The van der Waals surface area contributed by atoms with Gasteiger partial charge in [-0.05, 0) is 33.3 Å². The molecule has 2 rings (SSSR count). The minimum absolute atomic E-state index is 0.160. The average molecular weight is 280 g/mol. The highest BCUT2D eigenvalue weighted by atomic mass is 19.1. The number of likely N-dealkylation sites (tertiary alicyclic amines) is 1. The van der Waals surface area contributed by atoms with Crippen molar-refractivity contribution in [3.63, 3.8) is 0 Å². The third kappa shape index (κ3) is 3.28. The number of carbonyl (C=O) groups excluding carboxylic acids is 1. The lowest BCUT2D eigenvalue weighted by atomic mass is 10.0. The zero-order valence-electron chi connectivity index (χ0n) is 12.1. The van der Waals surface area contributed by atoms with Crippen LogP contribution in [0, 0.1) is 5.82 Å². The molecule has 1 aliphatic rings. The van der Waals surface area contributed by atoms with Crippen molar-refractivity contribution in [1.29, 1.82) is 0 Å². The van der Waals surface area contributed by atoms with Crippen LogP contribution >= 0.6 is 0 Å². The number of hydrogen-bond acceptors (Lipinski definition) is 3. The molecule has 20 heavy (non-hydrogen) atoms. The van der Waals surface area contributed by atoms with Crippen LogP contribution in [0.1, 0.15) is 38.8 Å². The number of hydrogen-bond donors (Lipinski definition) is 1. The van der Waals surface area contributed by atoms with E-state index in [4.69, 9.17) is 10.5 Å². The lowest BCUT2D eigenvalue weighted by molar-refractivity contribution is 0.0220. The van der Waals surface area contributed by atoms with E-state index >= 15 is 0 Å². The Morgan fingerprint density at radius 2 is 2.05 bits per heavy atom. The minimum Gasteiger partial charge on any atom is -0.444 e. The Morgan fingerprint density at radius 3 is 2.65 bits per heavy atom. The van der Waals surface area contributed by atoms with Gasteiger partial charge in [0, 0.05) is 18.2 Å². The second-order valence-electron chi connectivity index (χ2n) is 6.17. The lowest BCUT2D eigenvalue weighted by Crippen LogP contribution is -2.38. The van der Waals surface area contributed by atoms with Crippen LogP contribution in [-0.2, 0) is 4.74 Å². The average Bonchev–Trinajstić information content (AvgIpc) is 2.69. The Morgan fingerprint density at radius 1 is 1.40 bits per heavy atom. The molecule has 0 aromatic heterocycles. The number of rotatable bonds is 1. The highest BCUT2D eigenvalue weighted by Crippen LogP contribution is 2.33. The van der Waals surface area contributed by atoms with Crippen molar-refractivity contribution >= 4 is 6.09 Å². The fraction of sp³-hybridized carbons (Fsp3) is 0.533. The zero-order valence-corrected chi connectivity index (χ0v) is 12.1. The number of amides is 1. The van der Waals surface area contributed by atoms with Gasteiger partial charge in [0.2, 0.25) is 0 Å². The van der Waals surface area contributed by atoms with Gasteiger partial charge >= 0.3 is 6.09 Å². The molecule has 0 spiro atoms. The van der Waals surface area contributed by atoms with E-state index in [2.05, 4.69) is 0 Å². The van der Waals surface area contributed by atoms with E-state index in [0.717, 1.165) is 0 Å². The van der Waals surface area contributed by atoms with Crippen molar-refractivity contribution in [2.24, 2.45) is 5.73 Å². The van der Waals surface area contributed by atoms with E-state index in [0.29, 0.717) is 18.5 Å². The van der Waals surface area contributed by atoms with Gasteiger partial charge < -0.3 is 10.5 Å². The van der Waals surface area contributed by atoms with Gasteiger partial charge in [-0.2, -0.15) is 0 Å². The van der Waals surface area contributed by atoms with Crippen molar-refractivity contribution in [2.45, 2.75) is 44.9 Å². The molecule has 1 heterocycles. The van der Waals surface area contributed by atoms with Crippen LogP contribution in [-0.4, -0.2) is 29.2 Å². The zero-order chi connectivity index (χ0) is 14.9. The van der Waals surface area contributed by atoms with Crippen molar-refractivity contribution in [3.05, 3.63) is 35.6 Å². The van der Waals surface area contributed by atoms with E-state index in [1.807, 2.05) is 0 Å². The normalized spacial score (nSPS) is 22.9. The first kappa shape index (κ1) is 14.8. The molecule has 2 N–H and O–H groups in total. The Bertz CT molecular complexity index is 499. The summed E-state index contributed by atoms with van der Waals surface area (Å²) in [6.07, 6.45) is 0.0962. The standard InChI is InChI=1S/C15H21FN2O2/c1-15(2,3)20-14(19)18-9-10(17)8-13(18)11-6-4-5-7-12(11)16/h4-7,10,13H,8-9,17H2,1-3H3. The molecule has 4 nitrogen and oxygen atoms in total. The highest BCUT2D eigenvalue weighted by Gasteiger charge is 2.37. The monoisotopic (exact) mass is 280 g/mol. The van der Waals surface area contributed by atoms with Crippen LogP contribution in [0.4, 0.5) is 9.18 Å². The molecule has 110 valence electrons. The predicted molar refractivity (Wildman–Crippen MR) is 74.7 cm³/mol. The van der Waals surface area contributed by atoms with Crippen molar-refractivity contribution in [1.82, 2.24) is 4.90 Å². The van der Waals surface area contributed by atoms with Crippen molar-refractivity contribution in [2.75, 3.05) is 6.54 Å². The van der Waals surface area contributed by atoms with E-state index in [9.17, 15) is 9.18 Å². The topological polar surface area (TPSA) is 55.6 Å². The van der Waals surface area contributed by atoms with Crippen LogP contribution in [0.2, 0.25) is 0 Å². The maximum atomic E-state index is 13.9. The summed E-state index contributed by atoms with van der Waals surface area (Å²) >= 11 is 0. The molecule has 1 saturated heterocycles. The molecule has 1 amide bonds. The first-order valence-corrected chi connectivity index (χ1v) is 6.77. The lowest BCUT2D eigenvalue weighted by Gasteiger charge is -2.28. The molecule has 0 bridgehead atoms. The van der Waals surface area contributed by atoms with Gasteiger partial charge in [0.25, 0.3) is 0 Å². The molecular formula is C15H21FN2O2. The Labute approximate surface area is 118 Å². The van der Waals surface area contributed by atoms with E-state index < -0.39 is 11.7 Å². The third-order valence-electron chi connectivity index (χ3n) is 3.23. The molecule has 5 heteroatoms. The summed E-state index contributed by atoms with van der Waals surface area (Å²) in [6.45, 7) is 5.80. The largest absolute Gasteiger partial charge is 0.444 e. The van der Waals surface area contributed by atoms with Crippen LogP contribution < -0.4 is 5.73 Å². The number of ether oxygens (including phenoxy) is 1. The molecular weight excluding hydrogens is 259 g/mol. The molecule has 1 aromatic rings. The summed E-state index contributed by atoms with van der Waals surface area (Å²) < 4.78 is 19.3. The van der Waals surface area contributed by atoms with Crippen LogP contribution in [0.25, 0.3) is 0 Å².